The largest absolute Gasteiger partial charge is 0.477 e. The summed E-state index contributed by atoms with van der Waals surface area (Å²) >= 11 is 1.24. The van der Waals surface area contributed by atoms with Crippen LogP contribution in [-0.2, 0) is 13.0 Å². The molecule has 114 valence electrons. The summed E-state index contributed by atoms with van der Waals surface area (Å²) in [5.74, 6) is 0.110. The lowest BCUT2D eigenvalue weighted by atomic mass is 10.3. The summed E-state index contributed by atoms with van der Waals surface area (Å²) in [6.45, 7) is 4.43. The van der Waals surface area contributed by atoms with Gasteiger partial charge < -0.3 is 9.67 Å². The van der Waals surface area contributed by atoms with Crippen molar-refractivity contribution < 1.29 is 9.90 Å². The first-order valence-corrected chi connectivity index (χ1v) is 8.05. The fraction of sp³-hybridized carbons (Fsp3) is 0.312. The standard InChI is InChI=1S/C16H17N3O2S/c1-3-6-13-18-11-7-4-5-8-12(11)19(13)9-14-17-10(2)15(22-14)16(20)21/h4-5,7-8H,3,6,9H2,1-2H3,(H,20,21). The number of carboxylic acids is 1. The van der Waals surface area contributed by atoms with Crippen LogP contribution in [0.1, 0.15) is 39.5 Å². The summed E-state index contributed by atoms with van der Waals surface area (Å²) in [6.07, 6.45) is 1.91. The van der Waals surface area contributed by atoms with Gasteiger partial charge in [-0.05, 0) is 25.5 Å². The third kappa shape index (κ3) is 2.62. The number of nitrogens with zero attached hydrogens (tertiary/aromatic N) is 3. The van der Waals surface area contributed by atoms with Crippen molar-refractivity contribution in [2.75, 3.05) is 0 Å². The average Bonchev–Trinajstić information content (AvgIpc) is 3.01. The van der Waals surface area contributed by atoms with Gasteiger partial charge in [-0.2, -0.15) is 0 Å². The monoisotopic (exact) mass is 315 g/mol. The van der Waals surface area contributed by atoms with Gasteiger partial charge in [0, 0.05) is 6.42 Å². The van der Waals surface area contributed by atoms with Crippen molar-refractivity contribution in [1.82, 2.24) is 14.5 Å². The molecule has 0 aliphatic carbocycles. The first-order chi connectivity index (χ1) is 10.6. The Morgan fingerprint density at radius 2 is 2.09 bits per heavy atom. The van der Waals surface area contributed by atoms with Gasteiger partial charge in [-0.1, -0.05) is 19.1 Å². The molecule has 0 saturated carbocycles. The van der Waals surface area contributed by atoms with Crippen LogP contribution in [-0.4, -0.2) is 25.6 Å². The van der Waals surface area contributed by atoms with Gasteiger partial charge in [0.1, 0.15) is 15.7 Å². The molecule has 0 spiro atoms. The summed E-state index contributed by atoms with van der Waals surface area (Å²) < 4.78 is 2.14. The summed E-state index contributed by atoms with van der Waals surface area (Å²) in [4.78, 5) is 20.6. The van der Waals surface area contributed by atoms with Crippen molar-refractivity contribution in [3.63, 3.8) is 0 Å². The third-order valence-electron chi connectivity index (χ3n) is 3.54. The lowest BCUT2D eigenvalue weighted by Gasteiger charge is -2.06. The highest BCUT2D eigenvalue weighted by atomic mass is 32.1. The van der Waals surface area contributed by atoms with Gasteiger partial charge in [0.05, 0.1) is 23.3 Å². The van der Waals surface area contributed by atoms with Crippen molar-refractivity contribution in [3.05, 3.63) is 45.7 Å². The van der Waals surface area contributed by atoms with Crippen LogP contribution in [0.4, 0.5) is 0 Å². The van der Waals surface area contributed by atoms with E-state index in [-0.39, 0.29) is 0 Å². The molecule has 0 radical (unpaired) electrons. The van der Waals surface area contributed by atoms with E-state index < -0.39 is 5.97 Å². The van der Waals surface area contributed by atoms with Crippen LogP contribution < -0.4 is 0 Å². The van der Waals surface area contributed by atoms with Crippen LogP contribution >= 0.6 is 11.3 Å². The number of rotatable bonds is 5. The molecule has 1 aromatic carbocycles. The molecule has 2 aromatic heterocycles. The van der Waals surface area contributed by atoms with Crippen LogP contribution in [0.5, 0.6) is 0 Å². The zero-order valence-corrected chi connectivity index (χ0v) is 13.4. The fourth-order valence-corrected chi connectivity index (χ4v) is 3.46. The Kier molecular flexibility index (Phi) is 3.94. The molecule has 0 saturated heterocycles. The number of thiazole rings is 1. The number of imidazole rings is 1. The van der Waals surface area contributed by atoms with Gasteiger partial charge in [0.2, 0.25) is 0 Å². The summed E-state index contributed by atoms with van der Waals surface area (Å²) in [5, 5.41) is 9.97. The smallest absolute Gasteiger partial charge is 0.347 e. The van der Waals surface area contributed by atoms with Crippen LogP contribution in [0.25, 0.3) is 11.0 Å². The number of aromatic nitrogens is 3. The highest BCUT2D eigenvalue weighted by molar-refractivity contribution is 7.13. The molecular weight excluding hydrogens is 298 g/mol. The van der Waals surface area contributed by atoms with E-state index in [0.29, 0.717) is 17.1 Å². The van der Waals surface area contributed by atoms with Crippen LogP contribution in [0.15, 0.2) is 24.3 Å². The number of carbonyl (C=O) groups is 1. The number of benzene rings is 1. The molecule has 5 nitrogen and oxygen atoms in total. The van der Waals surface area contributed by atoms with Gasteiger partial charge in [-0.15, -0.1) is 11.3 Å². The first-order valence-electron chi connectivity index (χ1n) is 7.24. The molecule has 0 aliphatic heterocycles. The van der Waals surface area contributed by atoms with E-state index in [1.165, 1.54) is 11.3 Å². The Balaban J connectivity index is 2.04. The van der Waals surface area contributed by atoms with E-state index in [9.17, 15) is 4.79 Å². The number of para-hydroxylation sites is 2. The summed E-state index contributed by atoms with van der Waals surface area (Å²) in [6, 6.07) is 8.01. The quantitative estimate of drug-likeness (QED) is 0.782. The van der Waals surface area contributed by atoms with E-state index in [1.54, 1.807) is 6.92 Å². The van der Waals surface area contributed by atoms with Crippen molar-refractivity contribution >= 4 is 28.3 Å². The number of hydrogen-bond acceptors (Lipinski definition) is 4. The Morgan fingerprint density at radius 1 is 1.32 bits per heavy atom. The van der Waals surface area contributed by atoms with Gasteiger partial charge in [0.25, 0.3) is 0 Å². The maximum atomic E-state index is 11.2. The SMILES string of the molecule is CCCc1nc2ccccc2n1Cc1nc(C)c(C(=O)O)s1. The molecule has 1 N–H and O–H groups in total. The molecule has 0 atom stereocenters. The van der Waals surface area contributed by atoms with Gasteiger partial charge in [0.15, 0.2) is 0 Å². The highest BCUT2D eigenvalue weighted by Crippen LogP contribution is 2.23. The molecule has 3 aromatic rings. The van der Waals surface area contributed by atoms with Crippen molar-refractivity contribution in [2.45, 2.75) is 33.2 Å². The topological polar surface area (TPSA) is 68.0 Å². The molecule has 0 aliphatic rings. The Morgan fingerprint density at radius 3 is 2.77 bits per heavy atom. The van der Waals surface area contributed by atoms with E-state index in [0.717, 1.165) is 34.7 Å². The van der Waals surface area contributed by atoms with Crippen molar-refractivity contribution in [2.24, 2.45) is 0 Å². The molecule has 0 fully saturated rings. The Labute approximate surface area is 132 Å². The summed E-state index contributed by atoms with van der Waals surface area (Å²) in [5.41, 5.74) is 2.61. The second-order valence-electron chi connectivity index (χ2n) is 5.18. The fourth-order valence-electron chi connectivity index (χ4n) is 2.57. The minimum absolute atomic E-state index is 0.316. The van der Waals surface area contributed by atoms with Gasteiger partial charge in [-0.25, -0.2) is 14.8 Å². The molecule has 0 amide bonds. The first kappa shape index (κ1) is 14.7. The van der Waals surface area contributed by atoms with Crippen molar-refractivity contribution in [3.8, 4) is 0 Å². The van der Waals surface area contributed by atoms with Crippen LogP contribution in [0, 0.1) is 6.92 Å². The normalized spacial score (nSPS) is 11.2. The Hall–Kier alpha value is -2.21. The number of fused-ring (bicyclic) bond motifs is 1. The minimum Gasteiger partial charge on any atom is -0.477 e. The maximum Gasteiger partial charge on any atom is 0.347 e. The molecule has 0 unspecified atom stereocenters. The zero-order chi connectivity index (χ0) is 15.7. The number of aromatic carboxylic acids is 1. The molecule has 6 heteroatoms. The zero-order valence-electron chi connectivity index (χ0n) is 12.5. The number of hydrogen-bond donors (Lipinski definition) is 1. The van der Waals surface area contributed by atoms with Crippen LogP contribution in [0.2, 0.25) is 0 Å². The van der Waals surface area contributed by atoms with E-state index >= 15 is 0 Å². The van der Waals surface area contributed by atoms with E-state index in [2.05, 4.69) is 21.5 Å². The second kappa shape index (κ2) is 5.88. The number of carboxylic acid groups (broad SMARTS) is 1. The number of aryl methyl sites for hydroxylation is 2. The van der Waals surface area contributed by atoms with Crippen molar-refractivity contribution in [1.29, 1.82) is 0 Å². The minimum atomic E-state index is -0.912. The van der Waals surface area contributed by atoms with Gasteiger partial charge >= 0.3 is 5.97 Å². The molecule has 0 bridgehead atoms. The predicted octanol–water partition coefficient (Wildman–Crippen LogP) is 3.50. The summed E-state index contributed by atoms with van der Waals surface area (Å²) in [7, 11) is 0. The molecule has 2 heterocycles. The maximum absolute atomic E-state index is 11.2. The predicted molar refractivity (Wildman–Crippen MR) is 86.6 cm³/mol. The Bertz CT molecular complexity index is 835. The van der Waals surface area contributed by atoms with Gasteiger partial charge in [-0.3, -0.25) is 0 Å². The lowest BCUT2D eigenvalue weighted by Crippen LogP contribution is -2.05. The molecule has 22 heavy (non-hydrogen) atoms. The molecule has 3 rings (SSSR count). The average molecular weight is 315 g/mol. The van der Waals surface area contributed by atoms with E-state index in [1.807, 2.05) is 24.3 Å². The lowest BCUT2D eigenvalue weighted by molar-refractivity contribution is 0.0701. The van der Waals surface area contributed by atoms with Crippen LogP contribution in [0.3, 0.4) is 0 Å². The highest BCUT2D eigenvalue weighted by Gasteiger charge is 2.16. The second-order valence-corrected chi connectivity index (χ2v) is 6.26. The van der Waals surface area contributed by atoms with E-state index in [4.69, 9.17) is 5.11 Å². The molecular formula is C16H17N3O2S. The third-order valence-corrected chi connectivity index (χ3v) is 4.67.